The van der Waals surface area contributed by atoms with Crippen LogP contribution in [-0.4, -0.2) is 23.6 Å². The number of thiol groups is 2. The van der Waals surface area contributed by atoms with Crippen LogP contribution in [0.4, 0.5) is 9.59 Å². The molecule has 0 aliphatic heterocycles. The van der Waals surface area contributed by atoms with E-state index in [-0.39, 0.29) is 0 Å². The van der Waals surface area contributed by atoms with E-state index in [1.807, 2.05) is 43.3 Å². The number of benzene rings is 1. The van der Waals surface area contributed by atoms with E-state index in [4.69, 9.17) is 9.59 Å². The summed E-state index contributed by atoms with van der Waals surface area (Å²) in [4.78, 5) is 27.6. The number of hydrogen-bond acceptors (Lipinski definition) is 4. The van der Waals surface area contributed by atoms with Crippen LogP contribution in [-0.2, 0) is 9.53 Å². The van der Waals surface area contributed by atoms with Crippen molar-refractivity contribution in [1.29, 1.82) is 0 Å². The van der Waals surface area contributed by atoms with Crippen molar-refractivity contribution in [2.75, 3.05) is 6.61 Å². The van der Waals surface area contributed by atoms with Gasteiger partial charge in [-0.1, -0.05) is 75.0 Å². The second-order valence-corrected chi connectivity index (χ2v) is 4.03. The van der Waals surface area contributed by atoms with Crippen molar-refractivity contribution in [2.24, 2.45) is 11.5 Å². The normalized spacial score (nSPS) is 7.38. The standard InChI is InChI=1S/C6H6.C5H10O2.2CH3NOS/c1-2-4-6-5-3-1;1-2-3-4-7-5-6;2*2-1(3)4/h1-6H;5H,2-4H2,1H3;2*(H3,2,3,4). The van der Waals surface area contributed by atoms with Crippen molar-refractivity contribution in [3.63, 3.8) is 0 Å². The van der Waals surface area contributed by atoms with Crippen LogP contribution in [0.5, 0.6) is 0 Å². The summed E-state index contributed by atoms with van der Waals surface area (Å²) < 4.78 is 4.39. The Morgan fingerprint density at radius 3 is 1.48 bits per heavy atom. The third-order valence-corrected chi connectivity index (χ3v) is 1.35. The third-order valence-electron chi connectivity index (χ3n) is 1.35. The maximum atomic E-state index is 9.46. The average molecular weight is 334 g/mol. The molecule has 0 atom stereocenters. The van der Waals surface area contributed by atoms with Gasteiger partial charge >= 0.3 is 0 Å². The molecule has 120 valence electrons. The van der Waals surface area contributed by atoms with E-state index in [9.17, 15) is 4.79 Å². The first-order valence-corrected chi connectivity index (χ1v) is 6.79. The molecule has 0 fully saturated rings. The molecule has 21 heavy (non-hydrogen) atoms. The zero-order valence-corrected chi connectivity index (χ0v) is 13.6. The van der Waals surface area contributed by atoms with Gasteiger partial charge in [-0.2, -0.15) is 0 Å². The van der Waals surface area contributed by atoms with Gasteiger partial charge in [-0.3, -0.25) is 14.4 Å². The number of carbonyl (C=O) groups excluding carboxylic acids is 3. The molecule has 0 radical (unpaired) electrons. The van der Waals surface area contributed by atoms with Crippen LogP contribution in [0.3, 0.4) is 0 Å². The predicted molar refractivity (Wildman–Crippen MR) is 90.5 cm³/mol. The molecule has 1 aromatic carbocycles. The molecular weight excluding hydrogens is 312 g/mol. The number of nitrogens with two attached hydrogens (primary N) is 2. The summed E-state index contributed by atoms with van der Waals surface area (Å²) in [6.07, 6.45) is 2.05. The van der Waals surface area contributed by atoms with Gasteiger partial charge in [-0.15, -0.1) is 0 Å². The number of hydrogen-bond donors (Lipinski definition) is 4. The highest BCUT2D eigenvalue weighted by Gasteiger charge is 1.78. The van der Waals surface area contributed by atoms with Gasteiger partial charge in [0.1, 0.15) is 0 Å². The van der Waals surface area contributed by atoms with Crippen LogP contribution in [0.1, 0.15) is 19.8 Å². The number of primary amides is 2. The number of unbranched alkanes of at least 4 members (excludes halogenated alkanes) is 1. The molecule has 0 heterocycles. The van der Waals surface area contributed by atoms with Crippen LogP contribution in [0.15, 0.2) is 36.4 Å². The molecule has 8 heteroatoms. The zero-order valence-electron chi connectivity index (χ0n) is 11.8. The van der Waals surface area contributed by atoms with Gasteiger partial charge < -0.3 is 16.2 Å². The van der Waals surface area contributed by atoms with E-state index in [2.05, 4.69) is 41.5 Å². The first kappa shape index (κ1) is 24.4. The number of carbonyl (C=O) groups is 3. The summed E-state index contributed by atoms with van der Waals surface area (Å²) >= 11 is 6.21. The van der Waals surface area contributed by atoms with Gasteiger partial charge in [0.15, 0.2) is 0 Å². The van der Waals surface area contributed by atoms with Crippen LogP contribution in [0.25, 0.3) is 0 Å². The lowest BCUT2D eigenvalue weighted by Gasteiger charge is -1.90. The quantitative estimate of drug-likeness (QED) is 0.385. The fraction of sp³-hybridized carbons (Fsp3) is 0.308. The first-order valence-electron chi connectivity index (χ1n) is 5.90. The molecule has 0 spiro atoms. The van der Waals surface area contributed by atoms with E-state index >= 15 is 0 Å². The minimum Gasteiger partial charge on any atom is -0.468 e. The fourth-order valence-electron chi connectivity index (χ4n) is 0.661. The maximum absolute atomic E-state index is 9.46. The van der Waals surface area contributed by atoms with Gasteiger partial charge in [0.25, 0.3) is 17.0 Å². The topological polar surface area (TPSA) is 112 Å². The molecule has 0 saturated heterocycles. The molecule has 1 rings (SSSR count). The van der Waals surface area contributed by atoms with E-state index < -0.39 is 10.5 Å². The van der Waals surface area contributed by atoms with Gasteiger partial charge in [0.05, 0.1) is 6.61 Å². The Morgan fingerprint density at radius 1 is 1.00 bits per heavy atom. The van der Waals surface area contributed by atoms with E-state index in [0.717, 1.165) is 12.8 Å². The lowest BCUT2D eigenvalue weighted by molar-refractivity contribution is -0.128. The lowest BCUT2D eigenvalue weighted by Crippen LogP contribution is -1.95. The van der Waals surface area contributed by atoms with E-state index in [0.29, 0.717) is 13.1 Å². The second kappa shape index (κ2) is 23.4. The minimum atomic E-state index is -0.639. The number of ether oxygens (including phenoxy) is 1. The van der Waals surface area contributed by atoms with Crippen molar-refractivity contribution in [3.05, 3.63) is 36.4 Å². The highest BCUT2D eigenvalue weighted by molar-refractivity contribution is 7.96. The van der Waals surface area contributed by atoms with Crippen LogP contribution in [0.2, 0.25) is 0 Å². The molecule has 6 nitrogen and oxygen atoms in total. The monoisotopic (exact) mass is 334 g/mol. The van der Waals surface area contributed by atoms with Crippen molar-refractivity contribution >= 4 is 42.2 Å². The number of rotatable bonds is 4. The first-order chi connectivity index (χ1) is 9.88. The lowest BCUT2D eigenvalue weighted by atomic mass is 10.4. The maximum Gasteiger partial charge on any atom is 0.293 e. The molecule has 1 aromatic rings. The summed E-state index contributed by atoms with van der Waals surface area (Å²) in [6.45, 7) is 3.10. The molecule has 4 N–H and O–H groups in total. The third kappa shape index (κ3) is 70.4. The van der Waals surface area contributed by atoms with Gasteiger partial charge in [-0.25, -0.2) is 0 Å². The second-order valence-electron chi connectivity index (χ2n) is 3.15. The summed E-state index contributed by atoms with van der Waals surface area (Å²) in [5, 5.41) is -1.28. The smallest absolute Gasteiger partial charge is 0.293 e. The van der Waals surface area contributed by atoms with Crippen molar-refractivity contribution in [2.45, 2.75) is 19.8 Å². The Hall–Kier alpha value is -1.67. The Labute approximate surface area is 136 Å². The molecule has 0 unspecified atom stereocenters. The van der Waals surface area contributed by atoms with Gasteiger partial charge in [0, 0.05) is 0 Å². The zero-order chi connectivity index (χ0) is 16.9. The molecule has 0 bridgehead atoms. The van der Waals surface area contributed by atoms with Crippen LogP contribution < -0.4 is 11.5 Å². The van der Waals surface area contributed by atoms with Gasteiger partial charge in [0.2, 0.25) is 0 Å². The summed E-state index contributed by atoms with van der Waals surface area (Å²) in [5.74, 6) is 0. The van der Waals surface area contributed by atoms with Crippen LogP contribution >= 0.6 is 25.3 Å². The fourth-order valence-corrected chi connectivity index (χ4v) is 0.661. The highest BCUT2D eigenvalue weighted by atomic mass is 32.1. The molecule has 0 aliphatic rings. The minimum absolute atomic E-state index is 0.482. The predicted octanol–water partition coefficient (Wildman–Crippen LogP) is 2.64. The Kier molecular flexibility index (Phi) is 27.2. The van der Waals surface area contributed by atoms with E-state index in [1.54, 1.807) is 0 Å². The SMILES string of the molecule is CCCCOC=O.NC(=O)S.NC(=O)S.c1ccccc1. The average Bonchev–Trinajstić information content (AvgIpc) is 2.41. The van der Waals surface area contributed by atoms with Crippen molar-refractivity contribution in [3.8, 4) is 0 Å². The summed E-state index contributed by atoms with van der Waals surface area (Å²) in [5.41, 5.74) is 8.67. The summed E-state index contributed by atoms with van der Waals surface area (Å²) in [6, 6.07) is 12.0. The molecule has 0 aromatic heterocycles. The molecule has 0 aliphatic carbocycles. The molecule has 2 amide bonds. The Balaban J connectivity index is -0.000000213. The van der Waals surface area contributed by atoms with Crippen LogP contribution in [0, 0.1) is 0 Å². The molecule has 0 saturated carbocycles. The number of amides is 2. The highest BCUT2D eigenvalue weighted by Crippen LogP contribution is 1.83. The largest absolute Gasteiger partial charge is 0.468 e. The van der Waals surface area contributed by atoms with E-state index in [1.165, 1.54) is 0 Å². The van der Waals surface area contributed by atoms with Crippen molar-refractivity contribution < 1.29 is 19.1 Å². The van der Waals surface area contributed by atoms with Crippen molar-refractivity contribution in [1.82, 2.24) is 0 Å². The van der Waals surface area contributed by atoms with Gasteiger partial charge in [-0.05, 0) is 6.42 Å². The molecular formula is C13H22N2O4S2. The Bertz CT molecular complexity index is 305. The summed E-state index contributed by atoms with van der Waals surface area (Å²) in [7, 11) is 0. The Morgan fingerprint density at radius 2 is 1.29 bits per heavy atom.